The zero-order valence-electron chi connectivity index (χ0n) is 12.5. The van der Waals surface area contributed by atoms with Gasteiger partial charge in [0.2, 0.25) is 5.91 Å². The second-order valence-corrected chi connectivity index (χ2v) is 5.53. The fourth-order valence-electron chi connectivity index (χ4n) is 2.01. The number of hydrogen-bond donors (Lipinski definition) is 3. The summed E-state index contributed by atoms with van der Waals surface area (Å²) in [6, 6.07) is 12.9. The number of phenols is 1. The first kappa shape index (κ1) is 16.0. The van der Waals surface area contributed by atoms with E-state index in [4.69, 9.17) is 12.2 Å². The SMILES string of the molecule is Cc1cc(O)c(NC(=S)NC(=O)Cc2ccccc2)cc1C. The number of amides is 1. The van der Waals surface area contributed by atoms with Crippen molar-refractivity contribution in [1.82, 2.24) is 5.32 Å². The largest absolute Gasteiger partial charge is 0.506 e. The lowest BCUT2D eigenvalue weighted by Gasteiger charge is -2.12. The quantitative estimate of drug-likeness (QED) is 0.602. The summed E-state index contributed by atoms with van der Waals surface area (Å²) in [6.07, 6.45) is 0.252. The van der Waals surface area contributed by atoms with Crippen LogP contribution in [0, 0.1) is 13.8 Å². The number of anilines is 1. The molecular weight excluding hydrogens is 296 g/mol. The van der Waals surface area contributed by atoms with Gasteiger partial charge >= 0.3 is 0 Å². The molecule has 114 valence electrons. The Kier molecular flexibility index (Phi) is 5.12. The molecule has 22 heavy (non-hydrogen) atoms. The van der Waals surface area contributed by atoms with Gasteiger partial charge in [0.15, 0.2) is 5.11 Å². The van der Waals surface area contributed by atoms with E-state index >= 15 is 0 Å². The van der Waals surface area contributed by atoms with E-state index in [2.05, 4.69) is 10.6 Å². The van der Waals surface area contributed by atoms with E-state index in [1.54, 1.807) is 12.1 Å². The molecule has 0 atom stereocenters. The fourth-order valence-corrected chi connectivity index (χ4v) is 2.23. The predicted octanol–water partition coefficient (Wildman–Crippen LogP) is 3.06. The first-order valence-electron chi connectivity index (χ1n) is 6.90. The summed E-state index contributed by atoms with van der Waals surface area (Å²) in [5, 5.41) is 15.5. The van der Waals surface area contributed by atoms with Crippen LogP contribution in [0.25, 0.3) is 0 Å². The molecule has 0 fully saturated rings. The van der Waals surface area contributed by atoms with E-state index in [1.165, 1.54) is 0 Å². The lowest BCUT2D eigenvalue weighted by molar-refractivity contribution is -0.119. The fraction of sp³-hybridized carbons (Fsp3) is 0.176. The zero-order chi connectivity index (χ0) is 16.1. The lowest BCUT2D eigenvalue weighted by atomic mass is 10.1. The molecule has 0 radical (unpaired) electrons. The lowest BCUT2D eigenvalue weighted by Crippen LogP contribution is -2.35. The number of carbonyl (C=O) groups excluding carboxylic acids is 1. The molecule has 5 heteroatoms. The average molecular weight is 314 g/mol. The number of carbonyl (C=O) groups is 1. The maximum atomic E-state index is 11.9. The minimum Gasteiger partial charge on any atom is -0.506 e. The number of benzene rings is 2. The Morgan fingerprint density at radius 2 is 1.77 bits per heavy atom. The van der Waals surface area contributed by atoms with Crippen LogP contribution in [-0.2, 0) is 11.2 Å². The molecule has 4 nitrogen and oxygen atoms in total. The highest BCUT2D eigenvalue weighted by Crippen LogP contribution is 2.26. The van der Waals surface area contributed by atoms with Gasteiger partial charge in [-0.1, -0.05) is 30.3 Å². The smallest absolute Gasteiger partial charge is 0.230 e. The Morgan fingerprint density at radius 1 is 1.14 bits per heavy atom. The molecule has 2 aromatic carbocycles. The maximum Gasteiger partial charge on any atom is 0.230 e. The highest BCUT2D eigenvalue weighted by atomic mass is 32.1. The highest BCUT2D eigenvalue weighted by Gasteiger charge is 2.09. The molecule has 0 aliphatic rings. The number of rotatable bonds is 3. The molecule has 0 saturated carbocycles. The third kappa shape index (κ3) is 4.30. The van der Waals surface area contributed by atoms with Crippen molar-refractivity contribution in [2.75, 3.05) is 5.32 Å². The molecule has 0 saturated heterocycles. The standard InChI is InChI=1S/C17H18N2O2S/c1-11-8-14(15(20)9-12(11)2)18-17(22)19-16(21)10-13-6-4-3-5-7-13/h3-9,20H,10H2,1-2H3,(H2,18,19,21,22). The summed E-state index contributed by atoms with van der Waals surface area (Å²) in [5.41, 5.74) is 3.41. The molecule has 0 bridgehead atoms. The van der Waals surface area contributed by atoms with Crippen LogP contribution in [0.5, 0.6) is 5.75 Å². The number of aromatic hydroxyl groups is 1. The van der Waals surface area contributed by atoms with Gasteiger partial charge in [-0.2, -0.15) is 0 Å². The van der Waals surface area contributed by atoms with Crippen molar-refractivity contribution >= 4 is 28.9 Å². The van der Waals surface area contributed by atoms with Crippen LogP contribution in [0.15, 0.2) is 42.5 Å². The van der Waals surface area contributed by atoms with E-state index in [0.717, 1.165) is 16.7 Å². The molecular formula is C17H18N2O2S. The van der Waals surface area contributed by atoms with E-state index in [-0.39, 0.29) is 23.2 Å². The molecule has 0 aliphatic carbocycles. The van der Waals surface area contributed by atoms with Crippen LogP contribution in [0.1, 0.15) is 16.7 Å². The van der Waals surface area contributed by atoms with Crippen molar-refractivity contribution in [3.63, 3.8) is 0 Å². The minimum absolute atomic E-state index is 0.0998. The second-order valence-electron chi connectivity index (χ2n) is 5.12. The molecule has 0 spiro atoms. The third-order valence-electron chi connectivity index (χ3n) is 3.32. The van der Waals surface area contributed by atoms with Crippen LogP contribution in [0.4, 0.5) is 5.69 Å². The number of thiocarbonyl (C=S) groups is 1. The van der Waals surface area contributed by atoms with Crippen molar-refractivity contribution in [2.45, 2.75) is 20.3 Å². The van der Waals surface area contributed by atoms with Gasteiger partial charge in [0.05, 0.1) is 12.1 Å². The Balaban J connectivity index is 1.96. The summed E-state index contributed by atoms with van der Waals surface area (Å²) < 4.78 is 0. The van der Waals surface area contributed by atoms with Crippen molar-refractivity contribution in [3.05, 3.63) is 59.2 Å². The van der Waals surface area contributed by atoms with E-state index in [9.17, 15) is 9.90 Å². The minimum atomic E-state index is -0.202. The molecule has 2 rings (SSSR count). The topological polar surface area (TPSA) is 61.4 Å². The predicted molar refractivity (Wildman–Crippen MR) is 92.1 cm³/mol. The van der Waals surface area contributed by atoms with Gasteiger partial charge in [0, 0.05) is 0 Å². The van der Waals surface area contributed by atoms with Gasteiger partial charge in [-0.05, 0) is 54.9 Å². The molecule has 0 heterocycles. The third-order valence-corrected chi connectivity index (χ3v) is 3.52. The van der Waals surface area contributed by atoms with Gasteiger partial charge in [-0.25, -0.2) is 0 Å². The van der Waals surface area contributed by atoms with E-state index < -0.39 is 0 Å². The maximum absolute atomic E-state index is 11.9. The van der Waals surface area contributed by atoms with Crippen LogP contribution >= 0.6 is 12.2 Å². The van der Waals surface area contributed by atoms with Crippen molar-refractivity contribution in [3.8, 4) is 5.75 Å². The molecule has 3 N–H and O–H groups in total. The molecule has 1 amide bonds. The van der Waals surface area contributed by atoms with Gasteiger partial charge in [0.1, 0.15) is 5.75 Å². The van der Waals surface area contributed by atoms with Crippen molar-refractivity contribution in [2.24, 2.45) is 0 Å². The summed E-state index contributed by atoms with van der Waals surface area (Å²) in [6.45, 7) is 3.86. The Hall–Kier alpha value is -2.40. The monoisotopic (exact) mass is 314 g/mol. The Morgan fingerprint density at radius 3 is 2.45 bits per heavy atom. The van der Waals surface area contributed by atoms with Gasteiger partial charge in [-0.3, -0.25) is 4.79 Å². The molecule has 0 aliphatic heterocycles. The average Bonchev–Trinajstić information content (AvgIpc) is 2.45. The first-order valence-corrected chi connectivity index (χ1v) is 7.31. The highest BCUT2D eigenvalue weighted by molar-refractivity contribution is 7.80. The number of nitrogens with one attached hydrogen (secondary N) is 2. The van der Waals surface area contributed by atoms with Crippen LogP contribution < -0.4 is 10.6 Å². The van der Waals surface area contributed by atoms with Crippen LogP contribution in [0.3, 0.4) is 0 Å². The summed E-state index contributed by atoms with van der Waals surface area (Å²) >= 11 is 5.11. The first-order chi connectivity index (χ1) is 10.5. The molecule has 2 aromatic rings. The van der Waals surface area contributed by atoms with Gasteiger partial charge < -0.3 is 15.7 Å². The van der Waals surface area contributed by atoms with E-state index in [0.29, 0.717) is 5.69 Å². The summed E-state index contributed by atoms with van der Waals surface area (Å²) in [4.78, 5) is 11.9. The Labute approximate surface area is 135 Å². The van der Waals surface area contributed by atoms with Gasteiger partial charge in [-0.15, -0.1) is 0 Å². The van der Waals surface area contributed by atoms with Crippen molar-refractivity contribution in [1.29, 1.82) is 0 Å². The van der Waals surface area contributed by atoms with Crippen LogP contribution in [-0.4, -0.2) is 16.1 Å². The summed E-state index contributed by atoms with van der Waals surface area (Å²) in [7, 11) is 0. The van der Waals surface area contributed by atoms with Crippen LogP contribution in [0.2, 0.25) is 0 Å². The summed E-state index contributed by atoms with van der Waals surface area (Å²) in [5.74, 6) is -0.102. The molecule has 0 unspecified atom stereocenters. The normalized spacial score (nSPS) is 10.1. The number of hydrogen-bond acceptors (Lipinski definition) is 3. The van der Waals surface area contributed by atoms with Crippen molar-refractivity contribution < 1.29 is 9.90 Å². The second kappa shape index (κ2) is 7.04. The number of aryl methyl sites for hydroxylation is 2. The number of phenolic OH excluding ortho intramolecular Hbond substituents is 1. The zero-order valence-corrected chi connectivity index (χ0v) is 13.3. The Bertz CT molecular complexity index is 699. The molecule has 0 aromatic heterocycles. The van der Waals surface area contributed by atoms with Gasteiger partial charge in [0.25, 0.3) is 0 Å². The van der Waals surface area contributed by atoms with E-state index in [1.807, 2.05) is 44.2 Å².